The third-order valence-electron chi connectivity index (χ3n) is 4.76. The Bertz CT molecular complexity index is 1010. The Balaban J connectivity index is 1.82. The summed E-state index contributed by atoms with van der Waals surface area (Å²) in [7, 11) is 1.69. The maximum Gasteiger partial charge on any atom is 0.222 e. The lowest BCUT2D eigenvalue weighted by Gasteiger charge is -2.25. The van der Waals surface area contributed by atoms with Crippen LogP contribution in [0.4, 0.5) is 5.82 Å². The highest BCUT2D eigenvalue weighted by Crippen LogP contribution is 2.34. The number of carbonyl (C=O) groups excluding carboxylic acids is 1. The highest BCUT2D eigenvalue weighted by atomic mass is 16.5. The number of ether oxygens (including phenoxy) is 2. The molecule has 1 saturated heterocycles. The van der Waals surface area contributed by atoms with Crippen molar-refractivity contribution in [3.8, 4) is 11.5 Å². The van der Waals surface area contributed by atoms with Gasteiger partial charge in [-0.25, -0.2) is 15.0 Å². The molecule has 1 amide bonds. The average molecular weight is 367 g/mol. The molecule has 140 valence electrons. The lowest BCUT2D eigenvalue weighted by atomic mass is 9.96. The fourth-order valence-corrected chi connectivity index (χ4v) is 3.36. The molecule has 4 rings (SSSR count). The molecule has 0 aliphatic carbocycles. The second-order valence-corrected chi connectivity index (χ2v) is 6.75. The molecule has 4 heterocycles. The van der Waals surface area contributed by atoms with Gasteiger partial charge in [0, 0.05) is 27.1 Å². The number of nitrogens with zero attached hydrogens (tertiary/aromatic N) is 4. The number of carbonyl (C=O) groups is 1. The van der Waals surface area contributed by atoms with Crippen molar-refractivity contribution >= 4 is 17.2 Å². The first-order valence-electron chi connectivity index (χ1n) is 8.74. The lowest BCUT2D eigenvalue weighted by Crippen LogP contribution is -2.30. The number of imidazole rings is 1. The minimum absolute atomic E-state index is 0.178. The lowest BCUT2D eigenvalue weighted by molar-refractivity contribution is -0.114. The van der Waals surface area contributed by atoms with Crippen LogP contribution in [-0.2, 0) is 19.9 Å². The van der Waals surface area contributed by atoms with Crippen LogP contribution in [0, 0.1) is 6.92 Å². The number of aromatic nitrogens is 4. The summed E-state index contributed by atoms with van der Waals surface area (Å²) < 4.78 is 13.2. The van der Waals surface area contributed by atoms with Crippen LogP contribution in [0.1, 0.15) is 24.6 Å². The predicted octanol–water partition coefficient (Wildman–Crippen LogP) is 2.32. The first-order valence-corrected chi connectivity index (χ1v) is 8.74. The molecule has 0 saturated carbocycles. The van der Waals surface area contributed by atoms with Gasteiger partial charge in [0.2, 0.25) is 5.91 Å². The summed E-state index contributed by atoms with van der Waals surface area (Å²) in [4.78, 5) is 24.9. The van der Waals surface area contributed by atoms with Crippen molar-refractivity contribution < 1.29 is 14.3 Å². The van der Waals surface area contributed by atoms with Crippen molar-refractivity contribution in [3.63, 3.8) is 0 Å². The highest BCUT2D eigenvalue weighted by Gasteiger charge is 2.38. The molecule has 1 aliphatic heterocycles. The van der Waals surface area contributed by atoms with Gasteiger partial charge in [-0.3, -0.25) is 9.20 Å². The Morgan fingerprint density at radius 3 is 2.85 bits per heavy atom. The van der Waals surface area contributed by atoms with Gasteiger partial charge in [0.15, 0.2) is 5.82 Å². The number of hydrogen-bond donors (Lipinski definition) is 1. The Kier molecular flexibility index (Phi) is 4.37. The van der Waals surface area contributed by atoms with Gasteiger partial charge in [-0.05, 0) is 24.6 Å². The highest BCUT2D eigenvalue weighted by molar-refractivity contribution is 5.87. The van der Waals surface area contributed by atoms with Gasteiger partial charge in [0.05, 0.1) is 36.4 Å². The van der Waals surface area contributed by atoms with E-state index in [1.807, 2.05) is 23.5 Å². The van der Waals surface area contributed by atoms with Gasteiger partial charge >= 0.3 is 0 Å². The van der Waals surface area contributed by atoms with E-state index in [9.17, 15) is 4.79 Å². The number of nitrogens with one attached hydrogen (secondary N) is 1. The first-order chi connectivity index (χ1) is 13.0. The maximum absolute atomic E-state index is 11.3. The van der Waals surface area contributed by atoms with Crippen LogP contribution in [-0.4, -0.2) is 45.6 Å². The number of hydrogen-bond acceptors (Lipinski definition) is 6. The molecule has 0 radical (unpaired) electrons. The van der Waals surface area contributed by atoms with Crippen molar-refractivity contribution in [1.29, 1.82) is 0 Å². The van der Waals surface area contributed by atoms with E-state index in [2.05, 4.69) is 15.3 Å². The van der Waals surface area contributed by atoms with Crippen molar-refractivity contribution in [3.05, 3.63) is 42.0 Å². The molecule has 3 aromatic rings. The summed E-state index contributed by atoms with van der Waals surface area (Å²) in [5.74, 6) is 0.955. The van der Waals surface area contributed by atoms with Crippen molar-refractivity contribution in [2.24, 2.45) is 0 Å². The quantitative estimate of drug-likeness (QED) is 0.761. The molecule has 0 aromatic carbocycles. The Morgan fingerprint density at radius 1 is 1.33 bits per heavy atom. The number of rotatable bonds is 4. The molecule has 1 atom stereocenters. The van der Waals surface area contributed by atoms with Crippen LogP contribution in [0.15, 0.2) is 30.7 Å². The molecular formula is C19H21N5O3. The molecule has 8 heteroatoms. The summed E-state index contributed by atoms with van der Waals surface area (Å²) in [5.41, 5.74) is 2.91. The maximum atomic E-state index is 11.3. The number of fused-ring (bicyclic) bond motifs is 1. The van der Waals surface area contributed by atoms with Crippen LogP contribution in [0.2, 0.25) is 0 Å². The zero-order valence-corrected chi connectivity index (χ0v) is 15.5. The largest absolute Gasteiger partial charge is 0.378 e. The van der Waals surface area contributed by atoms with Gasteiger partial charge < -0.3 is 14.8 Å². The smallest absolute Gasteiger partial charge is 0.222 e. The Hall–Kier alpha value is -2.84. The van der Waals surface area contributed by atoms with Crippen LogP contribution >= 0.6 is 0 Å². The second kappa shape index (κ2) is 6.71. The summed E-state index contributed by atoms with van der Waals surface area (Å²) in [5, 5.41) is 2.69. The van der Waals surface area contributed by atoms with Crippen LogP contribution in [0.25, 0.3) is 17.0 Å². The van der Waals surface area contributed by atoms with E-state index in [0.29, 0.717) is 24.9 Å². The molecular weight excluding hydrogens is 346 g/mol. The third kappa shape index (κ3) is 3.17. The second-order valence-electron chi connectivity index (χ2n) is 6.75. The van der Waals surface area contributed by atoms with Crippen molar-refractivity contribution in [2.45, 2.75) is 25.9 Å². The summed E-state index contributed by atoms with van der Waals surface area (Å²) in [6, 6.07) is 4.01. The molecule has 0 bridgehead atoms. The fourth-order valence-electron chi connectivity index (χ4n) is 3.36. The van der Waals surface area contributed by atoms with Gasteiger partial charge in [-0.2, -0.15) is 0 Å². The van der Waals surface area contributed by atoms with Crippen LogP contribution in [0.5, 0.6) is 0 Å². The monoisotopic (exact) mass is 367 g/mol. The standard InChI is InChI=1S/C19H21N5O3/c1-12-6-15(23-16(7-12)19(26-3)4-5-27-11-19)18-21-9-14-8-20-17(10-24(14)18)22-13(2)25/h6-10H,4-5,11H2,1-3H3,(H,22,25). The molecule has 8 nitrogen and oxygen atoms in total. The normalized spacial score (nSPS) is 19.5. The minimum atomic E-state index is -0.531. The van der Waals surface area contributed by atoms with E-state index in [1.165, 1.54) is 6.92 Å². The van der Waals surface area contributed by atoms with Crippen LogP contribution in [0.3, 0.4) is 0 Å². The van der Waals surface area contributed by atoms with Gasteiger partial charge in [0.1, 0.15) is 17.1 Å². The van der Waals surface area contributed by atoms with E-state index < -0.39 is 5.60 Å². The Labute approximate surface area is 156 Å². The van der Waals surface area contributed by atoms with Gasteiger partial charge in [-0.1, -0.05) is 0 Å². The molecule has 27 heavy (non-hydrogen) atoms. The minimum Gasteiger partial charge on any atom is -0.378 e. The zero-order chi connectivity index (χ0) is 19.0. The zero-order valence-electron chi connectivity index (χ0n) is 15.5. The van der Waals surface area contributed by atoms with E-state index in [4.69, 9.17) is 14.5 Å². The van der Waals surface area contributed by atoms with Crippen LogP contribution < -0.4 is 5.32 Å². The van der Waals surface area contributed by atoms with Gasteiger partial charge in [0.25, 0.3) is 0 Å². The number of aryl methyl sites for hydroxylation is 1. The van der Waals surface area contributed by atoms with Crippen molar-refractivity contribution in [2.75, 3.05) is 25.6 Å². The average Bonchev–Trinajstić information content (AvgIpc) is 3.28. The molecule has 3 aromatic heterocycles. The molecule has 1 N–H and O–H groups in total. The summed E-state index contributed by atoms with van der Waals surface area (Å²) >= 11 is 0. The summed E-state index contributed by atoms with van der Waals surface area (Å²) in [6.45, 7) is 4.60. The number of pyridine rings is 1. The Morgan fingerprint density at radius 2 is 2.15 bits per heavy atom. The SMILES string of the molecule is COC1(c2cc(C)cc(-c3ncc4cnc(NC(C)=O)cn34)n2)CCOC1. The molecule has 0 spiro atoms. The number of amides is 1. The molecule has 1 unspecified atom stereocenters. The topological polar surface area (TPSA) is 90.6 Å². The molecule has 1 aliphatic rings. The first kappa shape index (κ1) is 17.6. The summed E-state index contributed by atoms with van der Waals surface area (Å²) in [6.07, 6.45) is 5.90. The van der Waals surface area contributed by atoms with E-state index >= 15 is 0 Å². The van der Waals surface area contributed by atoms with Crippen molar-refractivity contribution in [1.82, 2.24) is 19.4 Å². The predicted molar refractivity (Wildman–Crippen MR) is 99.4 cm³/mol. The fraction of sp³-hybridized carbons (Fsp3) is 0.368. The van der Waals surface area contributed by atoms with E-state index in [0.717, 1.165) is 28.9 Å². The number of methoxy groups -OCH3 is 1. The number of anilines is 1. The van der Waals surface area contributed by atoms with E-state index in [-0.39, 0.29) is 5.91 Å². The van der Waals surface area contributed by atoms with Gasteiger partial charge in [-0.15, -0.1) is 0 Å². The van der Waals surface area contributed by atoms with E-state index in [1.54, 1.807) is 25.7 Å². The third-order valence-corrected chi connectivity index (χ3v) is 4.76. The molecule has 1 fully saturated rings.